The van der Waals surface area contributed by atoms with Crippen LogP contribution in [0.5, 0.6) is 0 Å². The Hall–Kier alpha value is -2.68. The summed E-state index contributed by atoms with van der Waals surface area (Å²) in [6.07, 6.45) is 2.49. The normalized spacial score (nSPS) is 15.3. The first-order valence-corrected chi connectivity index (χ1v) is 10.3. The number of thiazole rings is 1. The highest BCUT2D eigenvalue weighted by molar-refractivity contribution is 7.91. The molecule has 0 saturated heterocycles. The van der Waals surface area contributed by atoms with E-state index in [1.54, 1.807) is 65.5 Å². The second kappa shape index (κ2) is 7.51. The van der Waals surface area contributed by atoms with Gasteiger partial charge in [-0.3, -0.25) is 14.6 Å². The Balaban J connectivity index is 1.54. The summed E-state index contributed by atoms with van der Waals surface area (Å²) >= 11 is 0.0462. The average molecular weight is 397 g/mol. The number of benzene rings is 2. The smallest absolute Gasteiger partial charge is 0.260 e. The molecule has 0 saturated carbocycles. The summed E-state index contributed by atoms with van der Waals surface area (Å²) in [5.41, 5.74) is 2.93. The van der Waals surface area contributed by atoms with Gasteiger partial charge in [-0.15, -0.1) is 11.3 Å². The second-order valence-electron chi connectivity index (χ2n) is 5.90. The summed E-state index contributed by atoms with van der Waals surface area (Å²) in [5.74, 6) is -0.579. The molecule has 0 bridgehead atoms. The van der Waals surface area contributed by atoms with Crippen molar-refractivity contribution in [2.24, 2.45) is 0 Å². The third-order valence-corrected chi connectivity index (χ3v) is 6.51. The molecule has 0 aliphatic carbocycles. The standard InChI is InChI=1S/C19H15N3O3S2/c23-18(21-8-7-13-10-20-11-26-13)12-5-6-17-15(9-12)22-19(24)14-3-1-2-4-16(14)27(17)25/h1-6,9-11H,7-8H2,(H,21,23)(H,22,24). The van der Waals surface area contributed by atoms with Gasteiger partial charge in [0.2, 0.25) is 0 Å². The van der Waals surface area contributed by atoms with Crippen LogP contribution in [0.4, 0.5) is 5.69 Å². The molecule has 6 nitrogen and oxygen atoms in total. The lowest BCUT2D eigenvalue weighted by molar-refractivity contribution is 0.0952. The van der Waals surface area contributed by atoms with E-state index >= 15 is 0 Å². The number of amides is 2. The minimum Gasteiger partial charge on any atom is -0.606 e. The maximum Gasteiger partial charge on any atom is 0.260 e. The molecule has 1 aliphatic heterocycles. The molecule has 2 heterocycles. The molecule has 136 valence electrons. The summed E-state index contributed by atoms with van der Waals surface area (Å²) < 4.78 is 12.9. The first kappa shape index (κ1) is 17.7. The van der Waals surface area contributed by atoms with Crippen molar-refractivity contribution in [3.05, 3.63) is 70.2 Å². The maximum absolute atomic E-state index is 12.9. The van der Waals surface area contributed by atoms with E-state index in [1.807, 2.05) is 0 Å². The van der Waals surface area contributed by atoms with Crippen LogP contribution in [0.1, 0.15) is 25.6 Å². The molecule has 0 fully saturated rings. The molecule has 3 aromatic rings. The molecule has 2 amide bonds. The van der Waals surface area contributed by atoms with Crippen molar-refractivity contribution >= 4 is 40.0 Å². The lowest BCUT2D eigenvalue weighted by Gasteiger charge is -2.12. The third-order valence-electron chi connectivity index (χ3n) is 4.16. The molecular formula is C19H15N3O3S2. The highest BCUT2D eigenvalue weighted by Crippen LogP contribution is 2.34. The van der Waals surface area contributed by atoms with Crippen molar-refractivity contribution in [3.63, 3.8) is 0 Å². The van der Waals surface area contributed by atoms with Crippen LogP contribution in [-0.2, 0) is 17.6 Å². The Bertz CT molecular complexity index is 1010. The number of fused-ring (bicyclic) bond motifs is 2. The molecule has 8 heteroatoms. The van der Waals surface area contributed by atoms with Gasteiger partial charge in [-0.1, -0.05) is 12.1 Å². The Morgan fingerprint density at radius 3 is 2.89 bits per heavy atom. The van der Waals surface area contributed by atoms with Gasteiger partial charge in [0.15, 0.2) is 9.79 Å². The lowest BCUT2D eigenvalue weighted by atomic mass is 10.1. The van der Waals surface area contributed by atoms with Gasteiger partial charge in [-0.25, -0.2) is 0 Å². The largest absolute Gasteiger partial charge is 0.606 e. The fraction of sp³-hybridized carbons (Fsp3) is 0.105. The van der Waals surface area contributed by atoms with Crippen LogP contribution in [0.15, 0.2) is 64.0 Å². The molecular weight excluding hydrogens is 382 g/mol. The average Bonchev–Trinajstić information content (AvgIpc) is 3.17. The summed E-state index contributed by atoms with van der Waals surface area (Å²) in [7, 11) is 0. The zero-order chi connectivity index (χ0) is 18.8. The van der Waals surface area contributed by atoms with Gasteiger partial charge in [0, 0.05) is 40.8 Å². The number of anilines is 1. The van der Waals surface area contributed by atoms with Crippen molar-refractivity contribution in [1.82, 2.24) is 10.3 Å². The number of hydrogen-bond acceptors (Lipinski definition) is 5. The van der Waals surface area contributed by atoms with Crippen molar-refractivity contribution in [1.29, 1.82) is 0 Å². The molecule has 1 aromatic heterocycles. The molecule has 1 aliphatic rings. The fourth-order valence-electron chi connectivity index (χ4n) is 2.82. The number of hydrogen-bond donors (Lipinski definition) is 2. The van der Waals surface area contributed by atoms with Crippen LogP contribution in [0.3, 0.4) is 0 Å². The van der Waals surface area contributed by atoms with Crippen molar-refractivity contribution in [2.75, 3.05) is 11.9 Å². The van der Waals surface area contributed by atoms with Crippen LogP contribution in [0.2, 0.25) is 0 Å². The Morgan fingerprint density at radius 2 is 2.07 bits per heavy atom. The van der Waals surface area contributed by atoms with E-state index in [9.17, 15) is 14.1 Å². The minimum absolute atomic E-state index is 0.246. The molecule has 0 radical (unpaired) electrons. The number of aromatic nitrogens is 1. The van der Waals surface area contributed by atoms with Gasteiger partial charge in [-0.05, 0) is 30.3 Å². The van der Waals surface area contributed by atoms with Crippen LogP contribution in [0.25, 0.3) is 0 Å². The Kier molecular flexibility index (Phi) is 4.93. The summed E-state index contributed by atoms with van der Waals surface area (Å²) in [6.45, 7) is 0.488. The van der Waals surface area contributed by atoms with Crippen LogP contribution < -0.4 is 10.6 Å². The SMILES string of the molecule is O=C(NCCc1cncs1)c1ccc2c(c1)NC(=O)c1ccccc1[S+]2[O-]. The monoisotopic (exact) mass is 397 g/mol. The van der Waals surface area contributed by atoms with E-state index in [0.717, 1.165) is 4.88 Å². The quantitative estimate of drug-likeness (QED) is 0.662. The van der Waals surface area contributed by atoms with Crippen LogP contribution >= 0.6 is 11.3 Å². The van der Waals surface area contributed by atoms with Crippen molar-refractivity contribution < 1.29 is 14.1 Å². The number of carbonyl (C=O) groups is 2. The number of nitrogens with one attached hydrogen (secondary N) is 2. The van der Waals surface area contributed by atoms with Gasteiger partial charge in [0.1, 0.15) is 0 Å². The van der Waals surface area contributed by atoms with Gasteiger partial charge in [0.25, 0.3) is 11.8 Å². The summed E-state index contributed by atoms with van der Waals surface area (Å²) in [4.78, 5) is 30.9. The maximum atomic E-state index is 12.9. The second-order valence-corrected chi connectivity index (χ2v) is 8.29. The molecule has 2 N–H and O–H groups in total. The van der Waals surface area contributed by atoms with Crippen molar-refractivity contribution in [3.8, 4) is 0 Å². The van der Waals surface area contributed by atoms with E-state index in [-0.39, 0.29) is 11.8 Å². The van der Waals surface area contributed by atoms with E-state index in [2.05, 4.69) is 15.6 Å². The number of carbonyl (C=O) groups excluding carboxylic acids is 2. The lowest BCUT2D eigenvalue weighted by Crippen LogP contribution is -2.25. The Morgan fingerprint density at radius 1 is 1.22 bits per heavy atom. The highest BCUT2D eigenvalue weighted by atomic mass is 32.2. The first-order chi connectivity index (χ1) is 13.1. The van der Waals surface area contributed by atoms with Crippen LogP contribution in [-0.4, -0.2) is 27.9 Å². The van der Waals surface area contributed by atoms with E-state index in [0.29, 0.717) is 39.6 Å². The summed E-state index contributed by atoms with van der Waals surface area (Å²) in [5, 5.41) is 5.61. The predicted octanol–water partition coefficient (Wildman–Crippen LogP) is 2.85. The zero-order valence-electron chi connectivity index (χ0n) is 14.1. The van der Waals surface area contributed by atoms with E-state index < -0.39 is 11.2 Å². The molecule has 0 spiro atoms. The fourth-order valence-corrected chi connectivity index (χ4v) is 4.72. The van der Waals surface area contributed by atoms with Gasteiger partial charge < -0.3 is 15.2 Å². The van der Waals surface area contributed by atoms with E-state index in [1.165, 1.54) is 0 Å². The first-order valence-electron chi connectivity index (χ1n) is 8.25. The zero-order valence-corrected chi connectivity index (χ0v) is 15.7. The minimum atomic E-state index is -1.50. The molecule has 4 rings (SSSR count). The predicted molar refractivity (Wildman–Crippen MR) is 104 cm³/mol. The molecule has 27 heavy (non-hydrogen) atoms. The van der Waals surface area contributed by atoms with Crippen molar-refractivity contribution in [2.45, 2.75) is 16.2 Å². The van der Waals surface area contributed by atoms with Gasteiger partial charge in [-0.2, -0.15) is 0 Å². The summed E-state index contributed by atoms with van der Waals surface area (Å²) in [6, 6.07) is 11.6. The molecule has 2 aromatic carbocycles. The topological polar surface area (TPSA) is 94.2 Å². The molecule has 1 unspecified atom stereocenters. The van der Waals surface area contributed by atoms with Gasteiger partial charge >= 0.3 is 0 Å². The van der Waals surface area contributed by atoms with E-state index in [4.69, 9.17) is 0 Å². The van der Waals surface area contributed by atoms with Crippen LogP contribution in [0, 0.1) is 0 Å². The molecule has 1 atom stereocenters. The van der Waals surface area contributed by atoms with Gasteiger partial charge in [0.05, 0.1) is 16.8 Å². The third kappa shape index (κ3) is 3.59. The highest BCUT2D eigenvalue weighted by Gasteiger charge is 2.30. The Labute approximate surface area is 162 Å². The number of nitrogens with zero attached hydrogens (tertiary/aromatic N) is 1. The number of rotatable bonds is 4.